The Morgan fingerprint density at radius 3 is 2.38 bits per heavy atom. The Hall–Kier alpha value is -2.29. The van der Waals surface area contributed by atoms with E-state index < -0.39 is 16.1 Å². The summed E-state index contributed by atoms with van der Waals surface area (Å²) in [5.74, 6) is -0.492. The van der Waals surface area contributed by atoms with Gasteiger partial charge in [-0.2, -0.15) is 0 Å². The van der Waals surface area contributed by atoms with Crippen LogP contribution in [-0.2, 0) is 26.2 Å². The van der Waals surface area contributed by atoms with E-state index in [2.05, 4.69) is 5.32 Å². The van der Waals surface area contributed by atoms with E-state index in [-0.39, 0.29) is 31.3 Å². The van der Waals surface area contributed by atoms with Gasteiger partial charge in [0.25, 0.3) is 0 Å². The predicted molar refractivity (Wildman–Crippen MR) is 152 cm³/mol. The molecule has 0 fully saturated rings. The van der Waals surface area contributed by atoms with Gasteiger partial charge in [-0.15, -0.1) is 0 Å². The van der Waals surface area contributed by atoms with Crippen LogP contribution >= 0.6 is 23.2 Å². The minimum absolute atomic E-state index is 0.0742. The van der Waals surface area contributed by atoms with Gasteiger partial charge in [0, 0.05) is 26.1 Å². The number of aryl methyl sites for hydroxylation is 1. The Labute approximate surface area is 231 Å². The lowest BCUT2D eigenvalue weighted by Crippen LogP contribution is -2.48. The van der Waals surface area contributed by atoms with Crippen molar-refractivity contribution in [3.8, 4) is 0 Å². The maximum atomic E-state index is 13.4. The van der Waals surface area contributed by atoms with Crippen molar-refractivity contribution in [3.05, 3.63) is 63.1 Å². The van der Waals surface area contributed by atoms with E-state index in [9.17, 15) is 18.0 Å². The Morgan fingerprint density at radius 1 is 1.05 bits per heavy atom. The summed E-state index contributed by atoms with van der Waals surface area (Å²) in [6, 6.07) is 9.89. The number of rotatable bonds is 13. The van der Waals surface area contributed by atoms with Crippen LogP contribution in [0.25, 0.3) is 0 Å². The first-order valence-electron chi connectivity index (χ1n) is 12.4. The number of hydrogen-bond donors (Lipinski definition) is 1. The Bertz CT molecular complexity index is 1200. The first-order chi connectivity index (χ1) is 17.4. The molecule has 0 spiro atoms. The van der Waals surface area contributed by atoms with Crippen LogP contribution in [0.15, 0.2) is 36.4 Å². The van der Waals surface area contributed by atoms with Gasteiger partial charge in [0.1, 0.15) is 6.04 Å². The normalized spacial score (nSPS) is 12.2. The van der Waals surface area contributed by atoms with E-state index in [1.807, 2.05) is 32.9 Å². The molecule has 0 aliphatic rings. The highest BCUT2D eigenvalue weighted by Gasteiger charge is 2.27. The van der Waals surface area contributed by atoms with Gasteiger partial charge in [-0.3, -0.25) is 13.9 Å². The van der Waals surface area contributed by atoms with Crippen molar-refractivity contribution in [1.82, 2.24) is 10.2 Å². The molecule has 0 radical (unpaired) electrons. The number of sulfonamides is 1. The molecular formula is C27H37Cl2N3O4S. The monoisotopic (exact) mass is 569 g/mol. The second kappa shape index (κ2) is 14.0. The van der Waals surface area contributed by atoms with Crippen molar-refractivity contribution in [2.75, 3.05) is 23.7 Å². The van der Waals surface area contributed by atoms with E-state index in [1.54, 1.807) is 31.2 Å². The van der Waals surface area contributed by atoms with Crippen molar-refractivity contribution in [3.63, 3.8) is 0 Å². The van der Waals surface area contributed by atoms with E-state index in [0.29, 0.717) is 28.7 Å². The number of nitrogens with one attached hydrogen (secondary N) is 1. The molecule has 7 nitrogen and oxygen atoms in total. The molecule has 0 aromatic heterocycles. The van der Waals surface area contributed by atoms with Crippen LogP contribution in [0.4, 0.5) is 5.69 Å². The molecule has 0 heterocycles. The molecule has 1 unspecified atom stereocenters. The van der Waals surface area contributed by atoms with Crippen molar-refractivity contribution >= 4 is 50.7 Å². The van der Waals surface area contributed by atoms with E-state index in [0.717, 1.165) is 35.8 Å². The highest BCUT2D eigenvalue weighted by molar-refractivity contribution is 7.92. The van der Waals surface area contributed by atoms with Crippen molar-refractivity contribution in [1.29, 1.82) is 0 Å². The quantitative estimate of drug-likeness (QED) is 0.323. The fraction of sp³-hybridized carbons (Fsp3) is 0.481. The maximum absolute atomic E-state index is 13.4. The minimum Gasteiger partial charge on any atom is -0.354 e. The number of amides is 2. The average molecular weight is 571 g/mol. The number of nitrogens with zero attached hydrogens (tertiary/aromatic N) is 2. The molecule has 204 valence electrons. The third-order valence-corrected chi connectivity index (χ3v) is 8.25. The first kappa shape index (κ1) is 30.9. The number of halogens is 2. The van der Waals surface area contributed by atoms with Crippen LogP contribution in [0.2, 0.25) is 10.0 Å². The molecule has 0 saturated carbocycles. The van der Waals surface area contributed by atoms with Crippen LogP contribution in [0.5, 0.6) is 0 Å². The van der Waals surface area contributed by atoms with Gasteiger partial charge in [-0.25, -0.2) is 8.42 Å². The van der Waals surface area contributed by atoms with Crippen LogP contribution < -0.4 is 9.62 Å². The second-order valence-electron chi connectivity index (χ2n) is 9.25. The molecule has 0 aliphatic heterocycles. The molecule has 2 aromatic rings. The SMILES string of the molecule is CCCCNC(=O)C(C)N(Cc1ccc(Cl)c(Cl)c1)C(=O)CCCN(c1cccc(C)c1C)S(C)(=O)=O. The summed E-state index contributed by atoms with van der Waals surface area (Å²) < 4.78 is 26.5. The summed E-state index contributed by atoms with van der Waals surface area (Å²) in [4.78, 5) is 27.7. The predicted octanol–water partition coefficient (Wildman–Crippen LogP) is 5.49. The van der Waals surface area contributed by atoms with Crippen molar-refractivity contribution in [2.45, 2.75) is 66.0 Å². The Morgan fingerprint density at radius 2 is 1.76 bits per heavy atom. The lowest BCUT2D eigenvalue weighted by Gasteiger charge is -2.30. The zero-order chi connectivity index (χ0) is 27.8. The topological polar surface area (TPSA) is 86.8 Å². The summed E-state index contributed by atoms with van der Waals surface area (Å²) in [7, 11) is -3.56. The lowest BCUT2D eigenvalue weighted by molar-refractivity contribution is -0.140. The summed E-state index contributed by atoms with van der Waals surface area (Å²) in [6.45, 7) is 8.39. The van der Waals surface area contributed by atoms with Crippen molar-refractivity contribution < 1.29 is 18.0 Å². The molecule has 2 aromatic carbocycles. The number of hydrogen-bond acceptors (Lipinski definition) is 4. The van der Waals surface area contributed by atoms with E-state index >= 15 is 0 Å². The van der Waals surface area contributed by atoms with Crippen LogP contribution in [0.3, 0.4) is 0 Å². The molecule has 0 aliphatic carbocycles. The molecule has 2 amide bonds. The fourth-order valence-corrected chi connectivity index (χ4v) is 5.28. The fourth-order valence-electron chi connectivity index (χ4n) is 3.94. The number of unbranched alkanes of at least 4 members (excludes halogenated alkanes) is 1. The van der Waals surface area contributed by atoms with Gasteiger partial charge in [0.05, 0.1) is 22.0 Å². The zero-order valence-corrected chi connectivity index (χ0v) is 24.5. The zero-order valence-electron chi connectivity index (χ0n) is 22.2. The van der Waals surface area contributed by atoms with Gasteiger partial charge in [0.2, 0.25) is 21.8 Å². The smallest absolute Gasteiger partial charge is 0.242 e. The third kappa shape index (κ3) is 8.90. The van der Waals surface area contributed by atoms with E-state index in [4.69, 9.17) is 23.2 Å². The molecule has 1 atom stereocenters. The molecule has 10 heteroatoms. The van der Waals surface area contributed by atoms with Gasteiger partial charge in [-0.05, 0) is 68.5 Å². The van der Waals surface area contributed by atoms with Crippen molar-refractivity contribution in [2.24, 2.45) is 0 Å². The number of anilines is 1. The first-order valence-corrected chi connectivity index (χ1v) is 15.0. The highest BCUT2D eigenvalue weighted by Crippen LogP contribution is 2.26. The van der Waals surface area contributed by atoms with Crippen LogP contribution in [0, 0.1) is 13.8 Å². The minimum atomic E-state index is -3.56. The number of carbonyl (C=O) groups is 2. The van der Waals surface area contributed by atoms with Gasteiger partial charge >= 0.3 is 0 Å². The average Bonchev–Trinajstić information content (AvgIpc) is 2.83. The lowest BCUT2D eigenvalue weighted by atomic mass is 10.1. The molecule has 37 heavy (non-hydrogen) atoms. The largest absolute Gasteiger partial charge is 0.354 e. The van der Waals surface area contributed by atoms with Gasteiger partial charge in [-0.1, -0.05) is 54.7 Å². The molecule has 0 bridgehead atoms. The number of carbonyl (C=O) groups excluding carboxylic acids is 2. The summed E-state index contributed by atoms with van der Waals surface area (Å²) in [6.07, 6.45) is 3.32. The van der Waals surface area contributed by atoms with Crippen LogP contribution in [0.1, 0.15) is 56.2 Å². The number of benzene rings is 2. The third-order valence-electron chi connectivity index (χ3n) is 6.33. The summed E-state index contributed by atoms with van der Waals surface area (Å²) in [5.41, 5.74) is 3.20. The molecular weight excluding hydrogens is 533 g/mol. The second-order valence-corrected chi connectivity index (χ2v) is 12.0. The maximum Gasteiger partial charge on any atom is 0.242 e. The standard InChI is InChI=1S/C27H37Cl2N3O4S/c1-6-7-15-30-27(34)21(4)31(18-22-13-14-23(28)24(29)17-22)26(33)12-9-16-32(37(5,35)36)25-11-8-10-19(2)20(25)3/h8,10-11,13-14,17,21H,6-7,9,12,15-16,18H2,1-5H3,(H,30,34). The summed E-state index contributed by atoms with van der Waals surface area (Å²) in [5, 5.41) is 3.65. The highest BCUT2D eigenvalue weighted by atomic mass is 35.5. The van der Waals surface area contributed by atoms with Gasteiger partial charge in [0.15, 0.2) is 0 Å². The Balaban J connectivity index is 2.21. The molecule has 1 N–H and O–H groups in total. The molecule has 0 saturated heterocycles. The van der Waals surface area contributed by atoms with E-state index in [1.165, 1.54) is 9.21 Å². The summed E-state index contributed by atoms with van der Waals surface area (Å²) >= 11 is 12.2. The molecule has 2 rings (SSSR count). The van der Waals surface area contributed by atoms with Crippen LogP contribution in [-0.4, -0.2) is 50.5 Å². The Kier molecular flexibility index (Phi) is 11.7. The van der Waals surface area contributed by atoms with Gasteiger partial charge < -0.3 is 10.2 Å².